The van der Waals surface area contributed by atoms with E-state index in [1.54, 1.807) is 0 Å². The molecule has 1 saturated heterocycles. The first kappa shape index (κ1) is 16.4. The highest BCUT2D eigenvalue weighted by Crippen LogP contribution is 2.25. The van der Waals surface area contributed by atoms with E-state index < -0.39 is 5.97 Å². The number of rotatable bonds is 7. The predicted molar refractivity (Wildman–Crippen MR) is 85.0 cm³/mol. The average Bonchev–Trinajstić information content (AvgIpc) is 2.89. The summed E-state index contributed by atoms with van der Waals surface area (Å²) in [4.78, 5) is 17.7. The SMILES string of the molecule is CCc1cnc(SCC(=O)O)n1C(C)CN1CCCCC1. The predicted octanol–water partition coefficient (Wildman–Crippen LogP) is 2.67. The number of likely N-dealkylation sites (tertiary alicyclic amines) is 1. The van der Waals surface area contributed by atoms with Crippen molar-refractivity contribution in [1.82, 2.24) is 14.5 Å². The lowest BCUT2D eigenvalue weighted by Gasteiger charge is -2.30. The smallest absolute Gasteiger partial charge is 0.313 e. The molecule has 1 aromatic heterocycles. The first-order valence-electron chi connectivity index (χ1n) is 7.74. The van der Waals surface area contributed by atoms with Crippen molar-refractivity contribution in [3.63, 3.8) is 0 Å². The van der Waals surface area contributed by atoms with Gasteiger partial charge >= 0.3 is 5.97 Å². The summed E-state index contributed by atoms with van der Waals surface area (Å²) in [5.74, 6) is -0.729. The van der Waals surface area contributed by atoms with Gasteiger partial charge in [-0.05, 0) is 39.3 Å². The second-order valence-corrected chi connectivity index (χ2v) is 6.59. The van der Waals surface area contributed by atoms with Crippen LogP contribution in [-0.4, -0.2) is 50.9 Å². The van der Waals surface area contributed by atoms with Crippen LogP contribution in [0.25, 0.3) is 0 Å². The van der Waals surface area contributed by atoms with Crippen molar-refractivity contribution in [1.29, 1.82) is 0 Å². The Bertz CT molecular complexity index is 469. The molecule has 1 atom stereocenters. The Balaban J connectivity index is 2.07. The van der Waals surface area contributed by atoms with Crippen LogP contribution in [0.1, 0.15) is 44.8 Å². The van der Waals surface area contributed by atoms with E-state index in [9.17, 15) is 4.79 Å². The zero-order valence-corrected chi connectivity index (χ0v) is 13.7. The monoisotopic (exact) mass is 311 g/mol. The summed E-state index contributed by atoms with van der Waals surface area (Å²) in [6.07, 6.45) is 6.73. The number of carboxylic acid groups (broad SMARTS) is 1. The van der Waals surface area contributed by atoms with Crippen molar-refractivity contribution in [3.05, 3.63) is 11.9 Å². The van der Waals surface area contributed by atoms with E-state index in [1.165, 1.54) is 49.8 Å². The maximum Gasteiger partial charge on any atom is 0.313 e. The number of carboxylic acids is 1. The Kier molecular flexibility index (Phi) is 6.11. The van der Waals surface area contributed by atoms with Crippen LogP contribution in [0.15, 0.2) is 11.4 Å². The number of aromatic nitrogens is 2. The molecule has 1 aromatic rings. The third-order valence-electron chi connectivity index (χ3n) is 3.94. The molecule has 1 fully saturated rings. The minimum absolute atomic E-state index is 0.0661. The molecule has 6 heteroatoms. The standard InChI is InChI=1S/C15H25N3O2S/c1-3-13-9-16-15(21-11-14(19)20)18(13)12(2)10-17-7-5-4-6-8-17/h9,12H,3-8,10-11H2,1-2H3,(H,19,20). The number of carbonyl (C=O) groups is 1. The van der Waals surface area contributed by atoms with Gasteiger partial charge in [-0.3, -0.25) is 4.79 Å². The molecule has 0 radical (unpaired) electrons. The van der Waals surface area contributed by atoms with Gasteiger partial charge in [-0.25, -0.2) is 4.98 Å². The second-order valence-electron chi connectivity index (χ2n) is 5.65. The van der Waals surface area contributed by atoms with Gasteiger partial charge in [-0.15, -0.1) is 0 Å². The molecule has 0 amide bonds. The van der Waals surface area contributed by atoms with Crippen LogP contribution in [0.4, 0.5) is 0 Å². The lowest BCUT2D eigenvalue weighted by atomic mass is 10.1. The minimum atomic E-state index is -0.795. The maximum absolute atomic E-state index is 10.8. The lowest BCUT2D eigenvalue weighted by Crippen LogP contribution is -2.34. The molecule has 1 aliphatic heterocycles. The fourth-order valence-corrected chi connectivity index (χ4v) is 3.76. The number of imidazole rings is 1. The van der Waals surface area contributed by atoms with Gasteiger partial charge in [-0.1, -0.05) is 25.1 Å². The van der Waals surface area contributed by atoms with Crippen LogP contribution in [0.3, 0.4) is 0 Å². The van der Waals surface area contributed by atoms with Gasteiger partial charge in [0.2, 0.25) is 0 Å². The molecular weight excluding hydrogens is 286 g/mol. The van der Waals surface area contributed by atoms with E-state index in [0.717, 1.165) is 18.1 Å². The molecule has 0 aliphatic carbocycles. The third kappa shape index (κ3) is 4.48. The molecule has 0 aromatic carbocycles. The number of aliphatic carboxylic acids is 1. The zero-order valence-electron chi connectivity index (χ0n) is 12.9. The number of nitrogens with zero attached hydrogens (tertiary/aromatic N) is 3. The minimum Gasteiger partial charge on any atom is -0.481 e. The van der Waals surface area contributed by atoms with E-state index in [1.807, 2.05) is 6.20 Å². The van der Waals surface area contributed by atoms with Crippen LogP contribution in [-0.2, 0) is 11.2 Å². The van der Waals surface area contributed by atoms with Crippen LogP contribution in [0.2, 0.25) is 0 Å². The molecule has 0 saturated carbocycles. The Hall–Kier alpha value is -1.01. The van der Waals surface area contributed by atoms with E-state index >= 15 is 0 Å². The lowest BCUT2D eigenvalue weighted by molar-refractivity contribution is -0.133. The first-order chi connectivity index (χ1) is 10.1. The van der Waals surface area contributed by atoms with Gasteiger partial charge < -0.3 is 14.6 Å². The van der Waals surface area contributed by atoms with E-state index in [4.69, 9.17) is 5.11 Å². The maximum atomic E-state index is 10.8. The summed E-state index contributed by atoms with van der Waals surface area (Å²) in [7, 11) is 0. The zero-order chi connectivity index (χ0) is 15.2. The molecule has 21 heavy (non-hydrogen) atoms. The largest absolute Gasteiger partial charge is 0.481 e. The van der Waals surface area contributed by atoms with Crippen LogP contribution >= 0.6 is 11.8 Å². The summed E-state index contributed by atoms with van der Waals surface area (Å²) in [6, 6.07) is 0.330. The summed E-state index contributed by atoms with van der Waals surface area (Å²) in [5.41, 5.74) is 1.19. The van der Waals surface area contributed by atoms with Gasteiger partial charge in [-0.2, -0.15) is 0 Å². The van der Waals surface area contributed by atoms with Crippen molar-refractivity contribution in [2.24, 2.45) is 0 Å². The number of thioether (sulfide) groups is 1. The van der Waals surface area contributed by atoms with Gasteiger partial charge in [0.15, 0.2) is 5.16 Å². The van der Waals surface area contributed by atoms with Crippen molar-refractivity contribution >= 4 is 17.7 Å². The fourth-order valence-electron chi connectivity index (χ4n) is 2.94. The van der Waals surface area contributed by atoms with Gasteiger partial charge in [0.1, 0.15) is 0 Å². The molecule has 1 unspecified atom stereocenters. The molecule has 0 spiro atoms. The molecule has 0 bridgehead atoms. The van der Waals surface area contributed by atoms with Crippen molar-refractivity contribution < 1.29 is 9.90 Å². The highest BCUT2D eigenvalue weighted by molar-refractivity contribution is 7.99. The summed E-state index contributed by atoms with van der Waals surface area (Å²) >= 11 is 1.32. The molecule has 118 valence electrons. The van der Waals surface area contributed by atoms with E-state index in [0.29, 0.717) is 6.04 Å². The number of piperidine rings is 1. The summed E-state index contributed by atoms with van der Waals surface area (Å²) in [5, 5.41) is 9.70. The molecule has 1 aliphatic rings. The van der Waals surface area contributed by atoms with Crippen molar-refractivity contribution in [2.45, 2.75) is 50.7 Å². The van der Waals surface area contributed by atoms with Gasteiger partial charge in [0.25, 0.3) is 0 Å². The highest BCUT2D eigenvalue weighted by atomic mass is 32.2. The van der Waals surface area contributed by atoms with E-state index in [-0.39, 0.29) is 5.75 Å². The quantitative estimate of drug-likeness (QED) is 0.785. The van der Waals surface area contributed by atoms with Gasteiger partial charge in [0.05, 0.1) is 5.75 Å². The average molecular weight is 311 g/mol. The Morgan fingerprint density at radius 2 is 2.14 bits per heavy atom. The van der Waals surface area contributed by atoms with Crippen molar-refractivity contribution in [3.8, 4) is 0 Å². The normalized spacial score (nSPS) is 17.8. The first-order valence-corrected chi connectivity index (χ1v) is 8.73. The molecule has 5 nitrogen and oxygen atoms in total. The summed E-state index contributed by atoms with van der Waals surface area (Å²) in [6.45, 7) is 7.70. The van der Waals surface area contributed by atoms with Crippen LogP contribution in [0, 0.1) is 0 Å². The molecule has 2 heterocycles. The number of hydrogen-bond acceptors (Lipinski definition) is 4. The highest BCUT2D eigenvalue weighted by Gasteiger charge is 2.19. The Morgan fingerprint density at radius 3 is 2.76 bits per heavy atom. The van der Waals surface area contributed by atoms with Crippen LogP contribution < -0.4 is 0 Å². The topological polar surface area (TPSA) is 58.4 Å². The second kappa shape index (κ2) is 7.84. The molecular formula is C15H25N3O2S. The van der Waals surface area contributed by atoms with Crippen LogP contribution in [0.5, 0.6) is 0 Å². The molecule has 1 N–H and O–H groups in total. The van der Waals surface area contributed by atoms with Gasteiger partial charge in [0, 0.05) is 24.5 Å². The Labute approximate surface area is 130 Å². The fraction of sp³-hybridized carbons (Fsp3) is 0.733. The summed E-state index contributed by atoms with van der Waals surface area (Å²) < 4.78 is 2.22. The third-order valence-corrected chi connectivity index (χ3v) is 4.89. The van der Waals surface area contributed by atoms with E-state index in [2.05, 4.69) is 28.3 Å². The molecule has 2 rings (SSSR count). The number of hydrogen-bond donors (Lipinski definition) is 1. The van der Waals surface area contributed by atoms with Crippen molar-refractivity contribution in [2.75, 3.05) is 25.4 Å². The number of aryl methyl sites for hydroxylation is 1. The Morgan fingerprint density at radius 1 is 1.43 bits per heavy atom.